The molecule has 24 heavy (non-hydrogen) atoms. The van der Waals surface area contributed by atoms with E-state index < -0.39 is 43.7 Å². The minimum absolute atomic E-state index is 0.224. The molecule has 1 aliphatic rings. The lowest BCUT2D eigenvalue weighted by Gasteiger charge is -2.26. The molecule has 6 nitrogen and oxygen atoms in total. The van der Waals surface area contributed by atoms with Crippen LogP contribution in [0.4, 0.5) is 18.9 Å². The fraction of sp³-hybridized carbons (Fsp3) is 0.571. The van der Waals surface area contributed by atoms with Gasteiger partial charge in [0.25, 0.3) is 5.69 Å². The van der Waals surface area contributed by atoms with Crippen LogP contribution in [0, 0.1) is 23.0 Å². The van der Waals surface area contributed by atoms with Gasteiger partial charge in [-0.2, -0.15) is 17.9 Å². The molecule has 1 aromatic rings. The summed E-state index contributed by atoms with van der Waals surface area (Å²) in [6.07, 6.45) is -2.90. The Morgan fingerprint density at radius 1 is 1.29 bits per heavy atom. The summed E-state index contributed by atoms with van der Waals surface area (Å²) in [6, 6.07) is 0.850. The monoisotopic (exact) mass is 366 g/mol. The Morgan fingerprint density at radius 2 is 1.88 bits per heavy atom. The lowest BCUT2D eigenvalue weighted by atomic mass is 9.99. The van der Waals surface area contributed by atoms with Gasteiger partial charge in [-0.15, -0.1) is 0 Å². The Kier molecular flexibility index (Phi) is 5.19. The van der Waals surface area contributed by atoms with Crippen molar-refractivity contribution in [2.75, 3.05) is 0 Å². The number of benzene rings is 1. The van der Waals surface area contributed by atoms with Crippen LogP contribution in [0.25, 0.3) is 0 Å². The molecule has 0 bridgehead atoms. The molecule has 1 aromatic carbocycles. The maximum Gasteiger partial charge on any atom is 0.405 e. The molecule has 0 saturated heterocycles. The van der Waals surface area contributed by atoms with Crippen molar-refractivity contribution in [3.05, 3.63) is 33.9 Å². The van der Waals surface area contributed by atoms with Gasteiger partial charge >= 0.3 is 6.18 Å². The summed E-state index contributed by atoms with van der Waals surface area (Å²) < 4.78 is 66.1. The Balaban J connectivity index is 2.35. The van der Waals surface area contributed by atoms with Gasteiger partial charge in [-0.05, 0) is 31.7 Å². The zero-order chi connectivity index (χ0) is 18.1. The normalized spacial score (nSPS) is 17.8. The second-order valence-corrected chi connectivity index (χ2v) is 7.60. The number of nitro benzene ring substituents is 1. The fourth-order valence-corrected chi connectivity index (χ4v) is 4.22. The number of aryl methyl sites for hydroxylation is 1. The number of halogens is 3. The van der Waals surface area contributed by atoms with Crippen LogP contribution in [0.3, 0.4) is 0 Å². The van der Waals surface area contributed by atoms with E-state index in [0.29, 0.717) is 25.7 Å². The molecule has 1 N–H and O–H groups in total. The first-order valence-electron chi connectivity index (χ1n) is 7.36. The summed E-state index contributed by atoms with van der Waals surface area (Å²) in [7, 11) is -4.53. The molecule has 0 radical (unpaired) electrons. The molecule has 0 amide bonds. The first-order valence-corrected chi connectivity index (χ1v) is 8.85. The topological polar surface area (TPSA) is 89.3 Å². The van der Waals surface area contributed by atoms with Crippen LogP contribution in [0.2, 0.25) is 0 Å². The highest BCUT2D eigenvalue weighted by atomic mass is 32.2. The van der Waals surface area contributed by atoms with Crippen LogP contribution in [0.1, 0.15) is 31.2 Å². The van der Waals surface area contributed by atoms with Crippen molar-refractivity contribution in [1.29, 1.82) is 0 Å². The van der Waals surface area contributed by atoms with E-state index in [1.54, 1.807) is 4.72 Å². The Morgan fingerprint density at radius 3 is 2.38 bits per heavy atom. The van der Waals surface area contributed by atoms with E-state index in [9.17, 15) is 31.7 Å². The maximum atomic E-state index is 13.3. The third-order valence-electron chi connectivity index (χ3n) is 4.19. The van der Waals surface area contributed by atoms with Crippen molar-refractivity contribution in [1.82, 2.24) is 4.72 Å². The van der Waals surface area contributed by atoms with E-state index in [1.165, 1.54) is 13.0 Å². The quantitative estimate of drug-likeness (QED) is 0.640. The van der Waals surface area contributed by atoms with Crippen molar-refractivity contribution < 1.29 is 26.5 Å². The minimum atomic E-state index is -4.72. The Labute approximate surface area is 137 Å². The predicted octanol–water partition coefficient (Wildman–Crippen LogP) is 3.30. The van der Waals surface area contributed by atoms with Gasteiger partial charge in [-0.1, -0.05) is 18.9 Å². The van der Waals surface area contributed by atoms with Gasteiger partial charge in [-0.25, -0.2) is 8.42 Å². The molecule has 1 fully saturated rings. The molecule has 134 valence electrons. The highest BCUT2D eigenvalue weighted by Gasteiger charge is 2.47. The standard InChI is InChI=1S/C14H17F3N2O4S/c1-9-6-7-11(8-12(9)19(20)21)24(22,23)18-13(14(15,16)17)10-4-2-3-5-10/h6-8,10,13,18H,2-5H2,1H3/t13-/m0/s1. The largest absolute Gasteiger partial charge is 0.405 e. The van der Waals surface area contributed by atoms with Crippen LogP contribution in [0.15, 0.2) is 23.1 Å². The summed E-state index contributed by atoms with van der Waals surface area (Å²) in [5.74, 6) is -0.819. The molecule has 0 unspecified atom stereocenters. The van der Waals surface area contributed by atoms with Gasteiger partial charge in [0.2, 0.25) is 10.0 Å². The molecule has 1 atom stereocenters. The summed E-state index contributed by atoms with van der Waals surface area (Å²) in [5.41, 5.74) is -0.232. The van der Waals surface area contributed by atoms with Crippen LogP contribution >= 0.6 is 0 Å². The molecular formula is C14H17F3N2O4S. The maximum absolute atomic E-state index is 13.3. The van der Waals surface area contributed by atoms with E-state index in [-0.39, 0.29) is 5.56 Å². The number of alkyl halides is 3. The molecule has 10 heteroatoms. The molecule has 1 saturated carbocycles. The number of nitrogens with zero attached hydrogens (tertiary/aromatic N) is 1. The van der Waals surface area contributed by atoms with E-state index in [2.05, 4.69) is 0 Å². The molecular weight excluding hydrogens is 349 g/mol. The number of hydrogen-bond donors (Lipinski definition) is 1. The fourth-order valence-electron chi connectivity index (χ4n) is 2.91. The zero-order valence-electron chi connectivity index (χ0n) is 12.8. The highest BCUT2D eigenvalue weighted by Crippen LogP contribution is 2.36. The number of nitrogens with one attached hydrogen (secondary N) is 1. The van der Waals surface area contributed by atoms with Crippen molar-refractivity contribution in [2.24, 2.45) is 5.92 Å². The molecule has 0 heterocycles. The van der Waals surface area contributed by atoms with Crippen molar-refractivity contribution >= 4 is 15.7 Å². The van der Waals surface area contributed by atoms with Crippen LogP contribution in [-0.2, 0) is 10.0 Å². The van der Waals surface area contributed by atoms with Crippen molar-refractivity contribution in [2.45, 2.75) is 49.7 Å². The van der Waals surface area contributed by atoms with Crippen molar-refractivity contribution in [3.63, 3.8) is 0 Å². The van der Waals surface area contributed by atoms with Gasteiger partial charge in [0.1, 0.15) is 6.04 Å². The molecule has 0 aliphatic heterocycles. The molecule has 0 spiro atoms. The number of rotatable bonds is 5. The predicted molar refractivity (Wildman–Crippen MR) is 80.0 cm³/mol. The molecule has 1 aliphatic carbocycles. The summed E-state index contributed by atoms with van der Waals surface area (Å²) in [6.45, 7) is 1.42. The Hall–Kier alpha value is -1.68. The van der Waals surface area contributed by atoms with E-state index >= 15 is 0 Å². The molecule has 2 rings (SSSR count). The number of sulfonamides is 1. The van der Waals surface area contributed by atoms with Gasteiger partial charge in [-0.3, -0.25) is 10.1 Å². The Bertz CT molecular complexity index is 728. The second kappa shape index (κ2) is 6.67. The third kappa shape index (κ3) is 4.04. The van der Waals surface area contributed by atoms with E-state index in [1.807, 2.05) is 0 Å². The highest BCUT2D eigenvalue weighted by molar-refractivity contribution is 7.89. The minimum Gasteiger partial charge on any atom is -0.258 e. The van der Waals surface area contributed by atoms with Crippen LogP contribution in [-0.4, -0.2) is 25.6 Å². The first-order chi connectivity index (χ1) is 11.0. The average molecular weight is 366 g/mol. The summed E-state index contributed by atoms with van der Waals surface area (Å²) >= 11 is 0. The first kappa shape index (κ1) is 18.7. The summed E-state index contributed by atoms with van der Waals surface area (Å²) in [4.78, 5) is 9.58. The van der Waals surface area contributed by atoms with Crippen LogP contribution < -0.4 is 4.72 Å². The number of hydrogen-bond acceptors (Lipinski definition) is 4. The van der Waals surface area contributed by atoms with E-state index in [0.717, 1.165) is 12.1 Å². The number of nitro groups is 1. The smallest absolute Gasteiger partial charge is 0.258 e. The lowest BCUT2D eigenvalue weighted by molar-refractivity contribution is -0.385. The lowest BCUT2D eigenvalue weighted by Crippen LogP contribution is -2.49. The van der Waals surface area contributed by atoms with Gasteiger partial charge in [0.15, 0.2) is 0 Å². The SMILES string of the molecule is Cc1ccc(S(=O)(=O)N[C@@H](C2CCCC2)C(F)(F)F)cc1[N+](=O)[O-]. The zero-order valence-corrected chi connectivity index (χ0v) is 13.7. The van der Waals surface area contributed by atoms with Gasteiger partial charge < -0.3 is 0 Å². The van der Waals surface area contributed by atoms with Gasteiger partial charge in [0, 0.05) is 11.6 Å². The molecule has 0 aromatic heterocycles. The van der Waals surface area contributed by atoms with Gasteiger partial charge in [0.05, 0.1) is 9.82 Å². The average Bonchev–Trinajstić information content (AvgIpc) is 2.97. The van der Waals surface area contributed by atoms with Crippen LogP contribution in [0.5, 0.6) is 0 Å². The van der Waals surface area contributed by atoms with Crippen molar-refractivity contribution in [3.8, 4) is 0 Å². The van der Waals surface area contributed by atoms with E-state index in [4.69, 9.17) is 0 Å². The third-order valence-corrected chi connectivity index (χ3v) is 5.63. The second-order valence-electron chi connectivity index (χ2n) is 5.89. The summed E-state index contributed by atoms with van der Waals surface area (Å²) in [5, 5.41) is 10.9.